The first kappa shape index (κ1) is 24.5. The minimum Gasteiger partial charge on any atom is -0.494 e. The predicted octanol–water partition coefficient (Wildman–Crippen LogP) is 5.01. The smallest absolute Gasteiger partial charge is 0.494 e. The van der Waals surface area contributed by atoms with Gasteiger partial charge in [0.15, 0.2) is 0 Å². The molecule has 0 fully saturated rings. The molecule has 1 amide bonds. The highest BCUT2D eigenvalue weighted by Crippen LogP contribution is 2.25. The summed E-state index contributed by atoms with van der Waals surface area (Å²) in [6.07, 6.45) is -4.77. The van der Waals surface area contributed by atoms with Crippen LogP contribution in [0.1, 0.15) is 18.1 Å². The van der Waals surface area contributed by atoms with Crippen LogP contribution in [-0.2, 0) is 11.3 Å². The normalized spacial score (nSPS) is 11.9. The third kappa shape index (κ3) is 7.19. The van der Waals surface area contributed by atoms with Gasteiger partial charge in [0.1, 0.15) is 17.2 Å². The van der Waals surface area contributed by atoms with Crippen LogP contribution >= 0.6 is 0 Å². The summed E-state index contributed by atoms with van der Waals surface area (Å²) in [5, 5.41) is 3.12. The number of para-hydroxylation sites is 1. The Morgan fingerprint density at radius 2 is 1.50 bits per heavy atom. The first-order valence-electron chi connectivity index (χ1n) is 10.3. The van der Waals surface area contributed by atoms with E-state index in [2.05, 4.69) is 10.1 Å². The van der Waals surface area contributed by atoms with E-state index in [-0.39, 0.29) is 18.1 Å². The van der Waals surface area contributed by atoms with Crippen molar-refractivity contribution in [2.24, 2.45) is 5.73 Å². The molecule has 0 radical (unpaired) electrons. The molecule has 3 rings (SSSR count). The second kappa shape index (κ2) is 11.1. The molecule has 0 aliphatic rings. The number of nitrogens with two attached hydrogens (primary N) is 1. The molecule has 0 aliphatic heterocycles. The Hall–Kier alpha value is -4.14. The zero-order valence-corrected chi connectivity index (χ0v) is 18.3. The van der Waals surface area contributed by atoms with E-state index >= 15 is 0 Å². The van der Waals surface area contributed by atoms with Gasteiger partial charge in [0.05, 0.1) is 12.3 Å². The summed E-state index contributed by atoms with van der Waals surface area (Å²) < 4.78 is 52.4. The molecular formula is C25H23F3N2O4. The van der Waals surface area contributed by atoms with Crippen molar-refractivity contribution >= 4 is 11.6 Å². The van der Waals surface area contributed by atoms with Crippen molar-refractivity contribution in [2.75, 3.05) is 6.61 Å². The zero-order valence-electron chi connectivity index (χ0n) is 18.3. The summed E-state index contributed by atoms with van der Waals surface area (Å²) in [6, 6.07) is 21.0. The average molecular weight is 472 g/mol. The number of rotatable bonds is 10. The maximum Gasteiger partial charge on any atom is 0.573 e. The van der Waals surface area contributed by atoms with Gasteiger partial charge in [0, 0.05) is 12.1 Å². The fourth-order valence-corrected chi connectivity index (χ4v) is 3.03. The lowest BCUT2D eigenvalue weighted by Gasteiger charge is -2.17. The molecule has 9 heteroatoms. The highest BCUT2D eigenvalue weighted by atomic mass is 19.4. The van der Waals surface area contributed by atoms with E-state index in [1.54, 1.807) is 54.6 Å². The van der Waals surface area contributed by atoms with E-state index in [0.717, 1.165) is 0 Å². The lowest BCUT2D eigenvalue weighted by molar-refractivity contribution is -0.274. The maximum atomic E-state index is 12.4. The second-order valence-corrected chi connectivity index (χ2v) is 6.99. The summed E-state index contributed by atoms with van der Waals surface area (Å²) in [5.41, 5.74) is 7.20. The second-order valence-electron chi connectivity index (χ2n) is 6.99. The van der Waals surface area contributed by atoms with Gasteiger partial charge in [-0.1, -0.05) is 30.3 Å². The first-order valence-corrected chi connectivity index (χ1v) is 10.3. The SMILES string of the molecule is CCOc1ccc(C(NCc2ccc(OC(F)(F)F)cc2)=C(Oc2ccccc2)C(N)=O)cc1. The average Bonchev–Trinajstić information content (AvgIpc) is 2.80. The molecule has 0 aromatic heterocycles. The van der Waals surface area contributed by atoms with Gasteiger partial charge in [-0.05, 0) is 61.0 Å². The Kier molecular flexibility index (Phi) is 8.02. The van der Waals surface area contributed by atoms with Crippen molar-refractivity contribution in [3.63, 3.8) is 0 Å². The monoisotopic (exact) mass is 472 g/mol. The highest BCUT2D eigenvalue weighted by Gasteiger charge is 2.31. The predicted molar refractivity (Wildman–Crippen MR) is 121 cm³/mol. The molecule has 0 saturated carbocycles. The van der Waals surface area contributed by atoms with Crippen LogP contribution in [0, 0.1) is 0 Å². The first-order chi connectivity index (χ1) is 16.2. The molecular weight excluding hydrogens is 449 g/mol. The number of alkyl halides is 3. The highest BCUT2D eigenvalue weighted by molar-refractivity contribution is 5.98. The van der Waals surface area contributed by atoms with E-state index < -0.39 is 12.3 Å². The maximum absolute atomic E-state index is 12.4. The Bertz CT molecular complexity index is 1110. The Labute approximate surface area is 194 Å². The van der Waals surface area contributed by atoms with Gasteiger partial charge >= 0.3 is 6.36 Å². The van der Waals surface area contributed by atoms with Gasteiger partial charge < -0.3 is 25.3 Å². The van der Waals surface area contributed by atoms with Crippen LogP contribution in [-0.4, -0.2) is 18.9 Å². The minimum atomic E-state index is -4.77. The quantitative estimate of drug-likeness (QED) is 0.320. The third-order valence-electron chi connectivity index (χ3n) is 4.49. The zero-order chi connectivity index (χ0) is 24.6. The Morgan fingerprint density at radius 1 is 0.882 bits per heavy atom. The van der Waals surface area contributed by atoms with E-state index in [0.29, 0.717) is 34.9 Å². The number of carbonyl (C=O) groups excluding carboxylic acids is 1. The van der Waals surface area contributed by atoms with Gasteiger partial charge in [0.25, 0.3) is 5.91 Å². The van der Waals surface area contributed by atoms with Crippen LogP contribution in [0.15, 0.2) is 84.6 Å². The van der Waals surface area contributed by atoms with E-state index in [9.17, 15) is 18.0 Å². The van der Waals surface area contributed by atoms with Crippen LogP contribution in [0.4, 0.5) is 13.2 Å². The number of primary amides is 1. The molecule has 178 valence electrons. The van der Waals surface area contributed by atoms with Gasteiger partial charge in [-0.2, -0.15) is 0 Å². The molecule has 0 aliphatic carbocycles. The van der Waals surface area contributed by atoms with Gasteiger partial charge in [-0.15, -0.1) is 13.2 Å². The Balaban J connectivity index is 1.90. The number of amides is 1. The van der Waals surface area contributed by atoms with E-state index in [4.69, 9.17) is 15.2 Å². The summed E-state index contributed by atoms with van der Waals surface area (Å²) in [5.74, 6) is -0.184. The van der Waals surface area contributed by atoms with Crippen LogP contribution in [0.2, 0.25) is 0 Å². The van der Waals surface area contributed by atoms with Crippen molar-refractivity contribution in [3.05, 3.63) is 95.7 Å². The van der Waals surface area contributed by atoms with E-state index in [1.165, 1.54) is 24.3 Å². The molecule has 34 heavy (non-hydrogen) atoms. The van der Waals surface area contributed by atoms with E-state index in [1.807, 2.05) is 6.92 Å². The van der Waals surface area contributed by atoms with Crippen LogP contribution in [0.25, 0.3) is 5.70 Å². The summed E-state index contributed by atoms with van der Waals surface area (Å²) in [7, 11) is 0. The molecule has 0 atom stereocenters. The molecule has 0 saturated heterocycles. The van der Waals surface area contributed by atoms with Crippen LogP contribution in [0.3, 0.4) is 0 Å². The largest absolute Gasteiger partial charge is 0.573 e. The molecule has 6 nitrogen and oxygen atoms in total. The number of nitrogens with one attached hydrogen (secondary N) is 1. The number of carbonyl (C=O) groups is 1. The summed E-state index contributed by atoms with van der Waals surface area (Å²) in [6.45, 7) is 2.53. The third-order valence-corrected chi connectivity index (χ3v) is 4.49. The number of hydrogen-bond acceptors (Lipinski definition) is 5. The summed E-state index contributed by atoms with van der Waals surface area (Å²) >= 11 is 0. The number of hydrogen-bond donors (Lipinski definition) is 2. The van der Waals surface area contributed by atoms with Crippen molar-refractivity contribution in [2.45, 2.75) is 19.8 Å². The van der Waals surface area contributed by atoms with Gasteiger partial charge in [0.2, 0.25) is 5.76 Å². The van der Waals surface area contributed by atoms with Crippen molar-refractivity contribution in [1.29, 1.82) is 0 Å². The molecule has 0 unspecified atom stereocenters. The molecule has 3 N–H and O–H groups in total. The number of ether oxygens (including phenoxy) is 3. The van der Waals surface area contributed by atoms with Gasteiger partial charge in [-0.25, -0.2) is 0 Å². The molecule has 0 heterocycles. The van der Waals surface area contributed by atoms with Gasteiger partial charge in [-0.3, -0.25) is 4.79 Å². The van der Waals surface area contributed by atoms with Crippen molar-refractivity contribution in [1.82, 2.24) is 5.32 Å². The fraction of sp³-hybridized carbons (Fsp3) is 0.160. The van der Waals surface area contributed by atoms with Crippen LogP contribution in [0.5, 0.6) is 17.2 Å². The lowest BCUT2D eigenvalue weighted by Crippen LogP contribution is -2.25. The Morgan fingerprint density at radius 3 is 2.06 bits per heavy atom. The number of halogens is 3. The minimum absolute atomic E-state index is 0.118. The molecule has 0 bridgehead atoms. The standard InChI is InChI=1S/C25H23F3N2O4/c1-2-32-19-14-10-18(11-15-19)22(23(24(29)31)33-20-6-4-3-5-7-20)30-16-17-8-12-21(13-9-17)34-25(26,27)28/h3-15,30H,2,16H2,1H3,(H2,29,31). The molecule has 0 spiro atoms. The summed E-state index contributed by atoms with van der Waals surface area (Å²) in [4.78, 5) is 12.3. The lowest BCUT2D eigenvalue weighted by atomic mass is 10.1. The van der Waals surface area contributed by atoms with Crippen molar-refractivity contribution < 1.29 is 32.2 Å². The van der Waals surface area contributed by atoms with Crippen molar-refractivity contribution in [3.8, 4) is 17.2 Å². The van der Waals surface area contributed by atoms with Crippen LogP contribution < -0.4 is 25.3 Å². The molecule has 3 aromatic rings. The topological polar surface area (TPSA) is 82.8 Å². The molecule has 3 aromatic carbocycles. The number of benzene rings is 3. The fourth-order valence-electron chi connectivity index (χ4n) is 3.03.